The van der Waals surface area contributed by atoms with E-state index in [2.05, 4.69) is 0 Å². The first-order chi connectivity index (χ1) is 17.8. The Morgan fingerprint density at radius 1 is 1.03 bits per heavy atom. The number of benzene rings is 2. The molecule has 0 spiro atoms. The molecule has 2 aromatic heterocycles. The molecule has 4 aromatic rings. The number of nitrogens with zero attached hydrogens (tertiary/aromatic N) is 4. The van der Waals surface area contributed by atoms with Crippen molar-refractivity contribution in [3.05, 3.63) is 117 Å². The van der Waals surface area contributed by atoms with E-state index in [1.54, 1.807) is 17.2 Å². The molecule has 1 fully saturated rings. The van der Waals surface area contributed by atoms with E-state index in [4.69, 9.17) is 17.2 Å². The summed E-state index contributed by atoms with van der Waals surface area (Å²) in [6.45, 7) is 4.44. The van der Waals surface area contributed by atoms with E-state index in [-0.39, 0.29) is 17.5 Å². The van der Waals surface area contributed by atoms with Crippen LogP contribution in [0.15, 0.2) is 88.7 Å². The van der Waals surface area contributed by atoms with Crippen molar-refractivity contribution in [2.75, 3.05) is 11.9 Å². The van der Waals surface area contributed by atoms with Crippen LogP contribution in [-0.2, 0) is 11.3 Å². The first kappa shape index (κ1) is 24.9. The van der Waals surface area contributed by atoms with E-state index in [1.807, 2.05) is 98.6 Å². The molecular formula is C29H26N4O2S2. The van der Waals surface area contributed by atoms with Crippen molar-refractivity contribution in [2.24, 2.45) is 0 Å². The number of hydrogen-bond acceptors (Lipinski definition) is 6. The fourth-order valence-electron chi connectivity index (χ4n) is 4.48. The third-order valence-corrected chi connectivity index (χ3v) is 7.79. The summed E-state index contributed by atoms with van der Waals surface area (Å²) in [5, 5.41) is 0. The number of thioether (sulfide) groups is 1. The fraction of sp³-hybridized carbons (Fsp3) is 0.172. The summed E-state index contributed by atoms with van der Waals surface area (Å²) >= 11 is 6.82. The number of carbonyl (C=O) groups excluding carboxylic acids is 1. The topological polar surface area (TPSA) is 57.9 Å². The number of anilines is 1. The van der Waals surface area contributed by atoms with Crippen LogP contribution < -0.4 is 10.5 Å². The van der Waals surface area contributed by atoms with Crippen LogP contribution in [0.2, 0.25) is 0 Å². The van der Waals surface area contributed by atoms with E-state index in [9.17, 15) is 9.59 Å². The highest BCUT2D eigenvalue weighted by Gasteiger charge is 2.36. The van der Waals surface area contributed by atoms with Crippen molar-refractivity contribution in [2.45, 2.75) is 26.4 Å². The molecule has 5 rings (SSSR count). The molecule has 186 valence electrons. The van der Waals surface area contributed by atoms with Gasteiger partial charge in [0.1, 0.15) is 15.8 Å². The van der Waals surface area contributed by atoms with Gasteiger partial charge in [0.25, 0.3) is 11.5 Å². The molecule has 1 aliphatic rings. The summed E-state index contributed by atoms with van der Waals surface area (Å²) in [6, 6.07) is 23.3. The Morgan fingerprint density at radius 2 is 1.70 bits per heavy atom. The molecule has 1 atom stereocenters. The van der Waals surface area contributed by atoms with Crippen molar-refractivity contribution < 1.29 is 4.79 Å². The number of pyridine rings is 1. The lowest BCUT2D eigenvalue weighted by Crippen LogP contribution is -2.31. The molecule has 6 nitrogen and oxygen atoms in total. The largest absolute Gasteiger partial charge is 0.355 e. The summed E-state index contributed by atoms with van der Waals surface area (Å²) < 4.78 is 2.01. The molecule has 1 saturated heterocycles. The second-order valence-corrected chi connectivity index (χ2v) is 10.7. The van der Waals surface area contributed by atoms with Crippen LogP contribution in [0.5, 0.6) is 0 Å². The highest BCUT2D eigenvalue weighted by atomic mass is 32.2. The van der Waals surface area contributed by atoms with Gasteiger partial charge in [-0.2, -0.15) is 0 Å². The molecule has 8 heteroatoms. The standard InChI is InChI=1S/C29H26N4O2S2/c1-19-11-10-16-32-25(19)30-26(31(3)18-21-12-6-4-7-13-21)23(27(32)34)17-24-28(35)33(29(36)37-24)20(2)22-14-8-5-9-15-22/h4-17,20H,18H2,1-3H3/b24-17-/t20-/m0/s1. The van der Waals surface area contributed by atoms with Crippen LogP contribution in [0.4, 0.5) is 5.82 Å². The molecule has 0 aliphatic carbocycles. The number of aromatic nitrogens is 2. The third kappa shape index (κ3) is 4.82. The Balaban J connectivity index is 1.60. The molecule has 0 bridgehead atoms. The Labute approximate surface area is 225 Å². The van der Waals surface area contributed by atoms with Gasteiger partial charge in [0.2, 0.25) is 0 Å². The minimum Gasteiger partial charge on any atom is -0.355 e. The first-order valence-electron chi connectivity index (χ1n) is 11.9. The van der Waals surface area contributed by atoms with Crippen molar-refractivity contribution in [3.63, 3.8) is 0 Å². The molecule has 0 saturated carbocycles. The number of thiocarbonyl (C=S) groups is 1. The van der Waals surface area contributed by atoms with E-state index in [0.717, 1.165) is 16.7 Å². The lowest BCUT2D eigenvalue weighted by molar-refractivity contribution is -0.123. The van der Waals surface area contributed by atoms with Gasteiger partial charge in [0.05, 0.1) is 16.5 Å². The fourth-order valence-corrected chi connectivity index (χ4v) is 5.88. The van der Waals surface area contributed by atoms with Crippen LogP contribution in [0, 0.1) is 6.92 Å². The molecular weight excluding hydrogens is 500 g/mol. The smallest absolute Gasteiger partial charge is 0.267 e. The Kier molecular flexibility index (Phi) is 6.95. The SMILES string of the molecule is Cc1cccn2c(=O)c(/C=C3\SC(=S)N([C@@H](C)c4ccccc4)C3=O)c(N(C)Cc3ccccc3)nc12. The predicted molar refractivity (Wildman–Crippen MR) is 155 cm³/mol. The van der Waals surface area contributed by atoms with Crippen LogP contribution in [-0.4, -0.2) is 31.6 Å². The van der Waals surface area contributed by atoms with Crippen molar-refractivity contribution in [3.8, 4) is 0 Å². The van der Waals surface area contributed by atoms with Gasteiger partial charge in [-0.3, -0.25) is 18.9 Å². The summed E-state index contributed by atoms with van der Waals surface area (Å²) in [5.41, 5.74) is 3.68. The predicted octanol–water partition coefficient (Wildman–Crippen LogP) is 5.60. The molecule has 1 amide bonds. The monoisotopic (exact) mass is 526 g/mol. The van der Waals surface area contributed by atoms with Crippen LogP contribution in [0.3, 0.4) is 0 Å². The van der Waals surface area contributed by atoms with Gasteiger partial charge in [-0.15, -0.1) is 0 Å². The van der Waals surface area contributed by atoms with Gasteiger partial charge in [0, 0.05) is 19.8 Å². The minimum absolute atomic E-state index is 0.211. The van der Waals surface area contributed by atoms with Gasteiger partial charge in [-0.1, -0.05) is 90.7 Å². The van der Waals surface area contributed by atoms with Gasteiger partial charge >= 0.3 is 0 Å². The first-order valence-corrected chi connectivity index (χ1v) is 13.2. The summed E-state index contributed by atoms with van der Waals surface area (Å²) in [5.74, 6) is 0.307. The second-order valence-electron chi connectivity index (χ2n) is 9.02. The van der Waals surface area contributed by atoms with E-state index in [0.29, 0.717) is 32.8 Å². The maximum atomic E-state index is 13.8. The number of carbonyl (C=O) groups is 1. The zero-order valence-electron chi connectivity index (χ0n) is 20.8. The highest BCUT2D eigenvalue weighted by molar-refractivity contribution is 8.26. The quantitative estimate of drug-likeness (QED) is 0.241. The van der Waals surface area contributed by atoms with Crippen LogP contribution in [0.1, 0.15) is 35.2 Å². The van der Waals surface area contributed by atoms with E-state index in [1.165, 1.54) is 16.2 Å². The summed E-state index contributed by atoms with van der Waals surface area (Å²) in [7, 11) is 1.91. The van der Waals surface area contributed by atoms with Crippen molar-refractivity contribution >= 4 is 51.7 Å². The summed E-state index contributed by atoms with van der Waals surface area (Å²) in [6.07, 6.45) is 3.36. The average Bonchev–Trinajstić information content (AvgIpc) is 3.18. The van der Waals surface area contributed by atoms with Gasteiger partial charge in [-0.25, -0.2) is 4.98 Å². The van der Waals surface area contributed by atoms with Crippen LogP contribution in [0.25, 0.3) is 11.7 Å². The number of amides is 1. The Bertz CT molecular complexity index is 1580. The second kappa shape index (κ2) is 10.3. The molecule has 0 N–H and O–H groups in total. The molecule has 1 aliphatic heterocycles. The summed E-state index contributed by atoms with van der Waals surface area (Å²) in [4.78, 5) is 36.2. The van der Waals surface area contributed by atoms with Crippen molar-refractivity contribution in [1.29, 1.82) is 0 Å². The van der Waals surface area contributed by atoms with Gasteiger partial charge < -0.3 is 4.90 Å². The Morgan fingerprint density at radius 3 is 2.41 bits per heavy atom. The maximum absolute atomic E-state index is 13.8. The highest BCUT2D eigenvalue weighted by Crippen LogP contribution is 2.38. The number of hydrogen-bond donors (Lipinski definition) is 0. The number of fused-ring (bicyclic) bond motifs is 1. The van der Waals surface area contributed by atoms with E-state index >= 15 is 0 Å². The molecule has 0 unspecified atom stereocenters. The number of rotatable bonds is 6. The number of aryl methyl sites for hydroxylation is 1. The molecule has 3 heterocycles. The lowest BCUT2D eigenvalue weighted by atomic mass is 10.1. The molecule has 2 aromatic carbocycles. The molecule has 37 heavy (non-hydrogen) atoms. The van der Waals surface area contributed by atoms with E-state index < -0.39 is 0 Å². The van der Waals surface area contributed by atoms with Gasteiger partial charge in [-0.05, 0) is 42.7 Å². The van der Waals surface area contributed by atoms with Gasteiger partial charge in [0.15, 0.2) is 0 Å². The lowest BCUT2D eigenvalue weighted by Gasteiger charge is -2.23. The Hall–Kier alpha value is -3.75. The zero-order valence-corrected chi connectivity index (χ0v) is 22.4. The van der Waals surface area contributed by atoms with Crippen molar-refractivity contribution in [1.82, 2.24) is 14.3 Å². The third-order valence-electron chi connectivity index (χ3n) is 6.46. The zero-order chi connectivity index (χ0) is 26.1. The average molecular weight is 527 g/mol. The molecule has 0 radical (unpaired) electrons. The normalized spacial score (nSPS) is 15.5. The van der Waals surface area contributed by atoms with Crippen LogP contribution >= 0.6 is 24.0 Å². The minimum atomic E-state index is -0.231. The maximum Gasteiger partial charge on any atom is 0.267 e.